The van der Waals surface area contributed by atoms with Crippen molar-refractivity contribution in [1.29, 1.82) is 0 Å². The normalized spacial score (nSPS) is 16.4. The fraction of sp³-hybridized carbons (Fsp3) is 0.257. The van der Waals surface area contributed by atoms with E-state index in [0.717, 1.165) is 12.8 Å². The van der Waals surface area contributed by atoms with Crippen LogP contribution >= 0.6 is 17.0 Å². The zero-order chi connectivity index (χ0) is 27.5. The standard InChI is InChI=1S/C23H27.C12H9Si.2ClH.Zr/c1-6-7-18-8-9-19-13-20(15(2)3)14-22(19)23(18)21-11-16(4)10-17(5)12-21;1-3-7-11-9(5-1)10-6-2-4-8-12(10)13-11;;;/h8-15H,6-7H2,1-5H3;1-7H,13H2;2*1H;/q;;;;+2/p-2. The van der Waals surface area contributed by atoms with Gasteiger partial charge in [-0.3, -0.25) is 0 Å². The first-order chi connectivity index (χ1) is 18.7. The van der Waals surface area contributed by atoms with Gasteiger partial charge in [-0.15, -0.1) is 0 Å². The summed E-state index contributed by atoms with van der Waals surface area (Å²) < 4.78 is 1.42. The maximum atomic E-state index is 7.87. The van der Waals surface area contributed by atoms with Crippen LogP contribution in [-0.4, -0.2) is 9.52 Å². The molecule has 0 amide bonds. The third kappa shape index (κ3) is 4.70. The molecule has 0 fully saturated rings. The van der Waals surface area contributed by atoms with Gasteiger partial charge in [-0.2, -0.15) is 0 Å². The molecule has 0 aromatic heterocycles. The van der Waals surface area contributed by atoms with Crippen molar-refractivity contribution in [3.63, 3.8) is 0 Å². The van der Waals surface area contributed by atoms with E-state index in [-0.39, 0.29) is 3.63 Å². The van der Waals surface area contributed by atoms with Crippen molar-refractivity contribution >= 4 is 46.3 Å². The van der Waals surface area contributed by atoms with Crippen molar-refractivity contribution < 1.29 is 17.9 Å². The third-order valence-corrected chi connectivity index (χ3v) is 22.8. The van der Waals surface area contributed by atoms with Crippen molar-refractivity contribution in [2.75, 3.05) is 0 Å². The Kier molecular flexibility index (Phi) is 7.47. The van der Waals surface area contributed by atoms with Crippen LogP contribution in [0.4, 0.5) is 0 Å². The van der Waals surface area contributed by atoms with Crippen molar-refractivity contribution in [3.8, 4) is 22.3 Å². The molecule has 198 valence electrons. The number of allylic oxidation sites excluding steroid dienone is 1. The van der Waals surface area contributed by atoms with Crippen LogP contribution in [0.15, 0.2) is 78.4 Å². The predicted molar refractivity (Wildman–Crippen MR) is 172 cm³/mol. The van der Waals surface area contributed by atoms with Crippen LogP contribution in [0.1, 0.15) is 58.6 Å². The van der Waals surface area contributed by atoms with Crippen molar-refractivity contribution in [3.05, 3.63) is 106 Å². The Balaban J connectivity index is 1.56. The van der Waals surface area contributed by atoms with Gasteiger partial charge in [0.05, 0.1) is 0 Å². The van der Waals surface area contributed by atoms with E-state index in [1.807, 2.05) is 0 Å². The monoisotopic (exact) mass is 644 g/mol. The average Bonchev–Trinajstić information content (AvgIpc) is 3.47. The van der Waals surface area contributed by atoms with E-state index in [1.165, 1.54) is 69.3 Å². The molecule has 0 spiro atoms. The molecular formula is C35H36Cl2SiZr. The number of hydrogen-bond donors (Lipinski definition) is 0. The molecule has 0 saturated heterocycles. The predicted octanol–water partition coefficient (Wildman–Crippen LogP) is 7.90. The summed E-state index contributed by atoms with van der Waals surface area (Å²) in [6.07, 6.45) is 4.66. The Hall–Kier alpha value is -1.70. The molecular weight excluding hydrogens is 611 g/mol. The van der Waals surface area contributed by atoms with Crippen LogP contribution in [-0.2, 0) is 24.3 Å². The van der Waals surface area contributed by atoms with E-state index >= 15 is 0 Å². The molecule has 1 unspecified atom stereocenters. The summed E-state index contributed by atoms with van der Waals surface area (Å²) in [6, 6.07) is 27.4. The number of fused-ring (bicyclic) bond motifs is 4. The van der Waals surface area contributed by atoms with Gasteiger partial charge in [-0.05, 0) is 0 Å². The van der Waals surface area contributed by atoms with Crippen molar-refractivity contribution in [1.82, 2.24) is 0 Å². The van der Waals surface area contributed by atoms with Crippen LogP contribution in [0.2, 0.25) is 0 Å². The molecule has 0 saturated carbocycles. The molecule has 1 heterocycles. The summed E-state index contributed by atoms with van der Waals surface area (Å²) >= 11 is -3.98. The van der Waals surface area contributed by atoms with Crippen LogP contribution < -0.4 is 13.6 Å². The van der Waals surface area contributed by atoms with Gasteiger partial charge < -0.3 is 0 Å². The maximum absolute atomic E-state index is 7.87. The van der Waals surface area contributed by atoms with Gasteiger partial charge in [0.15, 0.2) is 0 Å². The zero-order valence-corrected chi connectivity index (χ0v) is 28.9. The van der Waals surface area contributed by atoms with Gasteiger partial charge >= 0.3 is 250 Å². The first-order valence-corrected chi connectivity index (χ1v) is 24.6. The van der Waals surface area contributed by atoms with E-state index in [2.05, 4.69) is 113 Å². The van der Waals surface area contributed by atoms with Gasteiger partial charge in [0, 0.05) is 0 Å². The molecule has 1 atom stereocenters. The summed E-state index contributed by atoms with van der Waals surface area (Å²) in [5, 5.41) is 3.01. The molecule has 0 N–H and O–H groups in total. The molecule has 0 radical (unpaired) electrons. The fourth-order valence-corrected chi connectivity index (χ4v) is 24.0. The van der Waals surface area contributed by atoms with Gasteiger partial charge in [0.2, 0.25) is 0 Å². The number of rotatable bonds is 6. The van der Waals surface area contributed by atoms with Crippen LogP contribution in [0.25, 0.3) is 28.3 Å². The Morgan fingerprint density at radius 3 is 2.31 bits per heavy atom. The minimum atomic E-state index is -3.98. The number of halogens is 2. The van der Waals surface area contributed by atoms with E-state index in [9.17, 15) is 0 Å². The second kappa shape index (κ2) is 10.6. The molecule has 0 bridgehead atoms. The van der Waals surface area contributed by atoms with E-state index in [4.69, 9.17) is 17.0 Å². The van der Waals surface area contributed by atoms with Gasteiger partial charge in [-0.1, -0.05) is 0 Å². The Morgan fingerprint density at radius 1 is 0.872 bits per heavy atom. The molecule has 4 heteroatoms. The number of hydrogen-bond acceptors (Lipinski definition) is 0. The second-order valence-corrected chi connectivity index (χ2v) is 27.6. The Bertz CT molecular complexity index is 1610. The summed E-state index contributed by atoms with van der Waals surface area (Å²) in [6.45, 7) is 11.3. The van der Waals surface area contributed by atoms with Gasteiger partial charge in [0.25, 0.3) is 0 Å². The summed E-state index contributed by atoms with van der Waals surface area (Å²) in [4.78, 5) is 0. The second-order valence-electron chi connectivity index (χ2n) is 11.7. The molecule has 4 aromatic carbocycles. The van der Waals surface area contributed by atoms with Gasteiger partial charge in [-0.25, -0.2) is 0 Å². The van der Waals surface area contributed by atoms with Crippen LogP contribution in [0.3, 0.4) is 0 Å². The van der Waals surface area contributed by atoms with Crippen molar-refractivity contribution in [2.24, 2.45) is 5.92 Å². The van der Waals surface area contributed by atoms with Crippen LogP contribution in [0, 0.1) is 19.8 Å². The van der Waals surface area contributed by atoms with E-state index < -0.39 is 27.4 Å². The summed E-state index contributed by atoms with van der Waals surface area (Å²) in [5.41, 5.74) is 13.6. The molecule has 4 aromatic rings. The van der Waals surface area contributed by atoms with Crippen LogP contribution in [0.5, 0.6) is 0 Å². The molecule has 0 nitrogen and oxygen atoms in total. The quantitative estimate of drug-likeness (QED) is 0.165. The van der Waals surface area contributed by atoms with E-state index in [0.29, 0.717) is 5.92 Å². The first-order valence-electron chi connectivity index (χ1n) is 14.2. The van der Waals surface area contributed by atoms with Gasteiger partial charge in [0.1, 0.15) is 0 Å². The molecule has 1 aliphatic heterocycles. The van der Waals surface area contributed by atoms with E-state index in [1.54, 1.807) is 0 Å². The number of aryl methyl sites for hydroxylation is 3. The third-order valence-electron chi connectivity index (χ3n) is 8.59. The number of benzene rings is 4. The Morgan fingerprint density at radius 2 is 1.59 bits per heavy atom. The topological polar surface area (TPSA) is 0 Å². The van der Waals surface area contributed by atoms with Crippen molar-refractivity contribution in [2.45, 2.75) is 51.1 Å². The first kappa shape index (κ1) is 27.5. The summed E-state index contributed by atoms with van der Waals surface area (Å²) in [5.74, 6) is 0.379. The average molecular weight is 647 g/mol. The Labute approximate surface area is 247 Å². The molecule has 39 heavy (non-hydrogen) atoms. The zero-order valence-electron chi connectivity index (χ0n) is 23.5. The SMILES string of the molecule is CCCc1ccc2c(c1-c1cc(C)cc(C)c1)C=C(C(C)C)[CH]2[Zr]([Cl])([Cl])[c]1cccc2c1[SiH2]c1ccccc1-2. The minimum absolute atomic E-state index is 0.113. The molecule has 1 aliphatic carbocycles. The molecule has 2 aliphatic rings. The molecule has 6 rings (SSSR count). The summed E-state index contributed by atoms with van der Waals surface area (Å²) in [7, 11) is 15.1. The fourth-order valence-electron chi connectivity index (χ4n) is 6.98.